The van der Waals surface area contributed by atoms with E-state index < -0.39 is 6.03 Å². The maximum Gasteiger partial charge on any atom is 0.322 e. The molecule has 124 valence electrons. The van der Waals surface area contributed by atoms with E-state index in [1.807, 2.05) is 47.0 Å². The molecule has 0 radical (unpaired) electrons. The van der Waals surface area contributed by atoms with Gasteiger partial charge in [-0.2, -0.15) is 4.98 Å². The van der Waals surface area contributed by atoms with Crippen LogP contribution in [0.4, 0.5) is 10.7 Å². The number of nitrogens with zero attached hydrogens (tertiary/aromatic N) is 6. The van der Waals surface area contributed by atoms with Crippen molar-refractivity contribution in [3.63, 3.8) is 0 Å². The van der Waals surface area contributed by atoms with Crippen molar-refractivity contribution in [1.29, 1.82) is 0 Å². The Morgan fingerprint density at radius 1 is 1.08 bits per heavy atom. The average Bonchev–Trinajstić information content (AvgIpc) is 3.26. The molecule has 3 aromatic heterocycles. The van der Waals surface area contributed by atoms with Gasteiger partial charge in [-0.05, 0) is 24.3 Å². The fourth-order valence-corrected chi connectivity index (χ4v) is 2.37. The normalized spacial score (nSPS) is 10.7. The quantitative estimate of drug-likeness (QED) is 0.590. The number of carbonyl (C=O) groups excluding carboxylic acids is 1. The molecule has 4 rings (SSSR count). The second-order valence-electron chi connectivity index (χ2n) is 5.20. The maximum absolute atomic E-state index is 12.1. The van der Waals surface area contributed by atoms with Crippen LogP contribution >= 0.6 is 0 Å². The van der Waals surface area contributed by atoms with Crippen molar-refractivity contribution in [2.45, 2.75) is 6.54 Å². The molecular formula is C16H14N8O. The summed E-state index contributed by atoms with van der Waals surface area (Å²) in [6.45, 7) is 0.216. The highest BCUT2D eigenvalue weighted by atomic mass is 16.2. The topological polar surface area (TPSA) is 102 Å². The summed E-state index contributed by atoms with van der Waals surface area (Å²) in [5, 5.41) is 17.4. The molecule has 2 N–H and O–H groups in total. The summed E-state index contributed by atoms with van der Waals surface area (Å²) in [5.74, 6) is 0.845. The number of fused-ring (bicyclic) bond motifs is 1. The zero-order chi connectivity index (χ0) is 17.1. The molecule has 0 spiro atoms. The number of benzene rings is 1. The number of anilines is 1. The van der Waals surface area contributed by atoms with Gasteiger partial charge in [-0.15, -0.1) is 15.3 Å². The largest absolute Gasteiger partial charge is 0.330 e. The van der Waals surface area contributed by atoms with Crippen LogP contribution in [-0.4, -0.2) is 35.4 Å². The number of para-hydroxylation sites is 1. The predicted octanol–water partition coefficient (Wildman–Crippen LogP) is 1.63. The van der Waals surface area contributed by atoms with E-state index in [1.165, 1.54) is 0 Å². The molecule has 0 saturated heterocycles. The smallest absolute Gasteiger partial charge is 0.322 e. The van der Waals surface area contributed by atoms with E-state index in [1.54, 1.807) is 23.1 Å². The van der Waals surface area contributed by atoms with Crippen LogP contribution < -0.4 is 10.6 Å². The van der Waals surface area contributed by atoms with Crippen LogP contribution in [0.5, 0.6) is 0 Å². The maximum atomic E-state index is 12.1. The number of carbonyl (C=O) groups is 1. The van der Waals surface area contributed by atoms with E-state index in [9.17, 15) is 4.79 Å². The zero-order valence-corrected chi connectivity index (χ0v) is 13.1. The molecule has 0 unspecified atom stereocenters. The van der Waals surface area contributed by atoms with Gasteiger partial charge in [-0.25, -0.2) is 9.31 Å². The number of hydrogen-bond donors (Lipinski definition) is 2. The van der Waals surface area contributed by atoms with E-state index in [-0.39, 0.29) is 12.5 Å². The minimum atomic E-state index is -0.418. The predicted molar refractivity (Wildman–Crippen MR) is 90.2 cm³/mol. The fourth-order valence-electron chi connectivity index (χ4n) is 2.37. The number of amides is 2. The highest BCUT2D eigenvalue weighted by molar-refractivity contribution is 5.87. The van der Waals surface area contributed by atoms with Crippen molar-refractivity contribution in [1.82, 2.24) is 34.7 Å². The van der Waals surface area contributed by atoms with E-state index in [4.69, 9.17) is 0 Å². The van der Waals surface area contributed by atoms with Gasteiger partial charge in [0.25, 0.3) is 5.95 Å². The molecule has 9 heteroatoms. The molecule has 0 aliphatic carbocycles. The third kappa shape index (κ3) is 3.15. The summed E-state index contributed by atoms with van der Waals surface area (Å²) < 4.78 is 3.39. The lowest BCUT2D eigenvalue weighted by atomic mass is 10.3. The van der Waals surface area contributed by atoms with Crippen LogP contribution in [0.2, 0.25) is 0 Å². The Hall–Kier alpha value is -3.75. The third-order valence-corrected chi connectivity index (χ3v) is 3.53. The van der Waals surface area contributed by atoms with E-state index in [0.29, 0.717) is 11.5 Å². The summed E-state index contributed by atoms with van der Waals surface area (Å²) in [5.41, 5.74) is 1.58. The van der Waals surface area contributed by atoms with Gasteiger partial charge in [0.1, 0.15) is 6.33 Å². The van der Waals surface area contributed by atoms with Gasteiger partial charge in [0.15, 0.2) is 11.5 Å². The van der Waals surface area contributed by atoms with Crippen LogP contribution in [0, 0.1) is 0 Å². The molecular weight excluding hydrogens is 320 g/mol. The number of pyridine rings is 1. The second-order valence-corrected chi connectivity index (χ2v) is 5.20. The highest BCUT2D eigenvalue weighted by Crippen LogP contribution is 2.09. The molecule has 0 fully saturated rings. The summed E-state index contributed by atoms with van der Waals surface area (Å²) >= 11 is 0. The van der Waals surface area contributed by atoms with Crippen molar-refractivity contribution >= 4 is 17.6 Å². The van der Waals surface area contributed by atoms with Gasteiger partial charge in [-0.1, -0.05) is 24.3 Å². The Kier molecular flexibility index (Phi) is 3.79. The first-order chi connectivity index (χ1) is 12.3. The molecule has 25 heavy (non-hydrogen) atoms. The van der Waals surface area contributed by atoms with Crippen LogP contribution in [-0.2, 0) is 6.54 Å². The van der Waals surface area contributed by atoms with Gasteiger partial charge < -0.3 is 5.32 Å². The van der Waals surface area contributed by atoms with Gasteiger partial charge in [-0.3, -0.25) is 9.88 Å². The average molecular weight is 334 g/mol. The third-order valence-electron chi connectivity index (χ3n) is 3.53. The van der Waals surface area contributed by atoms with Crippen LogP contribution in [0.25, 0.3) is 11.3 Å². The van der Waals surface area contributed by atoms with E-state index in [0.717, 1.165) is 5.69 Å². The van der Waals surface area contributed by atoms with Crippen molar-refractivity contribution in [3.8, 4) is 5.69 Å². The monoisotopic (exact) mass is 334 g/mol. The molecule has 0 aliphatic heterocycles. The Bertz CT molecular complexity index is 974. The molecule has 4 aromatic rings. The number of aromatic nitrogens is 6. The van der Waals surface area contributed by atoms with Crippen molar-refractivity contribution in [2.75, 3.05) is 5.32 Å². The van der Waals surface area contributed by atoms with Crippen molar-refractivity contribution < 1.29 is 4.79 Å². The number of rotatable bonds is 4. The summed E-state index contributed by atoms with van der Waals surface area (Å²) in [7, 11) is 0. The minimum Gasteiger partial charge on any atom is -0.330 e. The lowest BCUT2D eigenvalue weighted by Gasteiger charge is -2.07. The lowest BCUT2D eigenvalue weighted by Crippen LogP contribution is -2.29. The van der Waals surface area contributed by atoms with E-state index in [2.05, 4.69) is 30.9 Å². The van der Waals surface area contributed by atoms with Crippen LogP contribution in [0.1, 0.15) is 5.82 Å². The SMILES string of the molecule is O=C(NCc1nncn1-c1ccccc1)Nc1nc2ccccn2n1. The molecule has 0 saturated carbocycles. The van der Waals surface area contributed by atoms with Gasteiger partial charge in [0, 0.05) is 11.9 Å². The summed E-state index contributed by atoms with van der Waals surface area (Å²) in [6.07, 6.45) is 3.36. The first kappa shape index (κ1) is 14.8. The van der Waals surface area contributed by atoms with Crippen molar-refractivity contribution in [3.05, 3.63) is 66.9 Å². The molecule has 0 atom stereocenters. The first-order valence-corrected chi connectivity index (χ1v) is 7.60. The molecule has 9 nitrogen and oxygen atoms in total. The van der Waals surface area contributed by atoms with E-state index >= 15 is 0 Å². The van der Waals surface area contributed by atoms with Crippen LogP contribution in [0.15, 0.2) is 61.1 Å². The van der Waals surface area contributed by atoms with Gasteiger partial charge in [0.05, 0.1) is 6.54 Å². The van der Waals surface area contributed by atoms with Crippen LogP contribution in [0.3, 0.4) is 0 Å². The number of urea groups is 1. The van der Waals surface area contributed by atoms with Gasteiger partial charge >= 0.3 is 6.03 Å². The Balaban J connectivity index is 1.42. The number of hydrogen-bond acceptors (Lipinski definition) is 5. The first-order valence-electron chi connectivity index (χ1n) is 7.60. The zero-order valence-electron chi connectivity index (χ0n) is 13.1. The standard InChI is InChI=1S/C16H14N8O/c25-16(20-15-19-13-8-4-5-9-24(13)22-15)17-10-14-21-18-11-23(14)12-6-2-1-3-7-12/h1-9,11H,10H2,(H2,17,20,22,25). The Morgan fingerprint density at radius 2 is 1.92 bits per heavy atom. The molecule has 1 aromatic carbocycles. The summed E-state index contributed by atoms with van der Waals surface area (Å²) in [6, 6.07) is 14.7. The molecule has 2 amide bonds. The van der Waals surface area contributed by atoms with Crippen molar-refractivity contribution in [2.24, 2.45) is 0 Å². The van der Waals surface area contributed by atoms with Gasteiger partial charge in [0.2, 0.25) is 0 Å². The second kappa shape index (κ2) is 6.40. The molecule has 0 aliphatic rings. The fraction of sp³-hybridized carbons (Fsp3) is 0.0625. The molecule has 0 bridgehead atoms. The number of nitrogens with one attached hydrogen (secondary N) is 2. The Morgan fingerprint density at radius 3 is 2.76 bits per heavy atom. The molecule has 3 heterocycles. The minimum absolute atomic E-state index is 0.216. The Labute approximate surface area is 142 Å². The summed E-state index contributed by atoms with van der Waals surface area (Å²) in [4.78, 5) is 16.3. The lowest BCUT2D eigenvalue weighted by molar-refractivity contribution is 0.251. The highest BCUT2D eigenvalue weighted by Gasteiger charge is 2.10.